The van der Waals surface area contributed by atoms with Gasteiger partial charge in [0.25, 0.3) is 5.56 Å². The molecule has 2 heterocycles. The van der Waals surface area contributed by atoms with Crippen LogP contribution in [0.25, 0.3) is 11.4 Å². The Bertz CT molecular complexity index is 631. The number of aromatic amines is 1. The van der Waals surface area contributed by atoms with Crippen LogP contribution in [-0.4, -0.2) is 19.7 Å². The van der Waals surface area contributed by atoms with Gasteiger partial charge in [0.05, 0.1) is 17.5 Å². The summed E-state index contributed by atoms with van der Waals surface area (Å²) in [6, 6.07) is 1.84. The van der Waals surface area contributed by atoms with Gasteiger partial charge < -0.3 is 4.98 Å². The molecule has 0 spiro atoms. The van der Waals surface area contributed by atoms with Crippen molar-refractivity contribution in [3.63, 3.8) is 0 Å². The fraction of sp³-hybridized carbons (Fsp3) is 0.500. The summed E-state index contributed by atoms with van der Waals surface area (Å²) < 4.78 is 1.85. The molecule has 0 saturated carbocycles. The van der Waals surface area contributed by atoms with E-state index in [0.29, 0.717) is 5.82 Å². The predicted octanol–water partition coefficient (Wildman–Crippen LogP) is 2.51. The summed E-state index contributed by atoms with van der Waals surface area (Å²) in [5, 5.41) is 4.27. The Kier molecular flexibility index (Phi) is 3.30. The number of rotatable bonds is 2. The van der Waals surface area contributed by atoms with Crippen LogP contribution in [0.5, 0.6) is 0 Å². The number of aromatic nitrogens is 4. The van der Waals surface area contributed by atoms with Crippen molar-refractivity contribution < 1.29 is 0 Å². The molecule has 0 aliphatic carbocycles. The Morgan fingerprint density at radius 2 is 2.00 bits per heavy atom. The van der Waals surface area contributed by atoms with Gasteiger partial charge in [-0.3, -0.25) is 9.48 Å². The number of nitrogens with zero attached hydrogens (tertiary/aromatic N) is 3. The van der Waals surface area contributed by atoms with E-state index in [4.69, 9.17) is 0 Å². The summed E-state index contributed by atoms with van der Waals surface area (Å²) >= 11 is 0. The summed E-state index contributed by atoms with van der Waals surface area (Å²) in [5.41, 5.74) is 1.32. The van der Waals surface area contributed by atoms with Crippen molar-refractivity contribution in [3.8, 4) is 11.4 Å². The van der Waals surface area contributed by atoms with E-state index in [-0.39, 0.29) is 17.0 Å². The van der Waals surface area contributed by atoms with Gasteiger partial charge in [0.1, 0.15) is 5.82 Å². The minimum absolute atomic E-state index is 0.132. The Labute approximate surface area is 112 Å². The van der Waals surface area contributed by atoms with Crippen molar-refractivity contribution in [3.05, 3.63) is 34.5 Å². The average Bonchev–Trinajstić information content (AvgIpc) is 2.76. The van der Waals surface area contributed by atoms with Gasteiger partial charge in [-0.1, -0.05) is 20.8 Å². The van der Waals surface area contributed by atoms with E-state index in [2.05, 4.69) is 28.9 Å². The quantitative estimate of drug-likeness (QED) is 0.902. The van der Waals surface area contributed by atoms with Crippen LogP contribution in [0.4, 0.5) is 0 Å². The molecule has 0 atom stereocenters. The zero-order valence-corrected chi connectivity index (χ0v) is 12.1. The third kappa shape index (κ3) is 2.92. The van der Waals surface area contributed by atoms with Crippen molar-refractivity contribution in [2.75, 3.05) is 0 Å². The number of H-pyrrole nitrogens is 1. The van der Waals surface area contributed by atoms with Crippen LogP contribution >= 0.6 is 0 Å². The minimum atomic E-state index is -0.156. The molecule has 0 aliphatic rings. The van der Waals surface area contributed by atoms with Crippen LogP contribution in [0.1, 0.15) is 46.4 Å². The lowest BCUT2D eigenvalue weighted by molar-refractivity contribution is 0.532. The van der Waals surface area contributed by atoms with Crippen LogP contribution in [0.3, 0.4) is 0 Å². The topological polar surface area (TPSA) is 63.6 Å². The van der Waals surface area contributed by atoms with Crippen molar-refractivity contribution in [1.29, 1.82) is 0 Å². The van der Waals surface area contributed by atoms with Crippen molar-refractivity contribution in [1.82, 2.24) is 19.7 Å². The van der Waals surface area contributed by atoms with Gasteiger partial charge in [-0.2, -0.15) is 5.10 Å². The van der Waals surface area contributed by atoms with Crippen LogP contribution in [0.15, 0.2) is 23.3 Å². The lowest BCUT2D eigenvalue weighted by Gasteiger charge is -2.17. The van der Waals surface area contributed by atoms with E-state index in [1.54, 1.807) is 12.3 Å². The van der Waals surface area contributed by atoms with Gasteiger partial charge in [-0.25, -0.2) is 4.98 Å². The molecule has 0 aromatic carbocycles. The predicted molar refractivity (Wildman–Crippen MR) is 75.2 cm³/mol. The highest BCUT2D eigenvalue weighted by Gasteiger charge is 2.18. The molecule has 0 unspecified atom stereocenters. The molecule has 1 N–H and O–H groups in total. The van der Waals surface area contributed by atoms with Gasteiger partial charge in [-0.15, -0.1) is 0 Å². The molecule has 0 aliphatic heterocycles. The maximum absolute atomic E-state index is 11.7. The first-order valence-corrected chi connectivity index (χ1v) is 6.44. The van der Waals surface area contributed by atoms with Crippen molar-refractivity contribution >= 4 is 0 Å². The smallest absolute Gasteiger partial charge is 0.251 e. The molecule has 0 bridgehead atoms. The first-order chi connectivity index (χ1) is 8.77. The van der Waals surface area contributed by atoms with Crippen molar-refractivity contribution in [2.45, 2.75) is 46.1 Å². The fourth-order valence-corrected chi connectivity index (χ4v) is 1.72. The number of nitrogens with one attached hydrogen (secondary N) is 1. The highest BCUT2D eigenvalue weighted by molar-refractivity contribution is 5.52. The summed E-state index contributed by atoms with van der Waals surface area (Å²) in [5.74, 6) is 0.573. The number of hydrogen-bond acceptors (Lipinski definition) is 3. The molecule has 2 rings (SSSR count). The Balaban J connectivity index is 2.50. The van der Waals surface area contributed by atoms with Crippen LogP contribution in [-0.2, 0) is 5.41 Å². The largest absolute Gasteiger partial charge is 0.306 e. The van der Waals surface area contributed by atoms with E-state index in [9.17, 15) is 4.79 Å². The second kappa shape index (κ2) is 4.64. The van der Waals surface area contributed by atoms with Crippen LogP contribution < -0.4 is 5.56 Å². The third-order valence-electron chi connectivity index (χ3n) is 2.91. The lowest BCUT2D eigenvalue weighted by atomic mass is 9.92. The molecule has 5 heteroatoms. The maximum atomic E-state index is 11.7. The van der Waals surface area contributed by atoms with E-state index >= 15 is 0 Å². The van der Waals surface area contributed by atoms with E-state index in [1.165, 1.54) is 0 Å². The molecular formula is C14H20N4O. The highest BCUT2D eigenvalue weighted by atomic mass is 16.1. The molecule has 0 saturated heterocycles. The maximum Gasteiger partial charge on any atom is 0.251 e. The first kappa shape index (κ1) is 13.5. The van der Waals surface area contributed by atoms with Gasteiger partial charge in [0.15, 0.2) is 0 Å². The third-order valence-corrected chi connectivity index (χ3v) is 2.91. The zero-order chi connectivity index (χ0) is 14.2. The van der Waals surface area contributed by atoms with E-state index in [1.807, 2.05) is 31.6 Å². The molecule has 0 fully saturated rings. The molecule has 2 aromatic heterocycles. The molecule has 0 radical (unpaired) electrons. The average molecular weight is 260 g/mol. The fourth-order valence-electron chi connectivity index (χ4n) is 1.72. The Morgan fingerprint density at radius 1 is 1.32 bits per heavy atom. The summed E-state index contributed by atoms with van der Waals surface area (Å²) in [7, 11) is 0. The molecule has 2 aromatic rings. The molecule has 5 nitrogen and oxygen atoms in total. The monoisotopic (exact) mass is 260 g/mol. The van der Waals surface area contributed by atoms with Gasteiger partial charge in [-0.05, 0) is 13.8 Å². The van der Waals surface area contributed by atoms with E-state index < -0.39 is 0 Å². The summed E-state index contributed by atoms with van der Waals surface area (Å²) in [6.07, 6.45) is 3.63. The van der Waals surface area contributed by atoms with Crippen LogP contribution in [0, 0.1) is 0 Å². The minimum Gasteiger partial charge on any atom is -0.306 e. The molecular weight excluding hydrogens is 240 g/mol. The zero-order valence-electron chi connectivity index (χ0n) is 12.1. The van der Waals surface area contributed by atoms with Gasteiger partial charge in [0.2, 0.25) is 0 Å². The highest BCUT2D eigenvalue weighted by Crippen LogP contribution is 2.21. The molecule has 19 heavy (non-hydrogen) atoms. The van der Waals surface area contributed by atoms with Gasteiger partial charge >= 0.3 is 0 Å². The molecule has 0 amide bonds. The summed E-state index contributed by atoms with van der Waals surface area (Å²) in [4.78, 5) is 19.1. The molecule has 102 valence electrons. The summed E-state index contributed by atoms with van der Waals surface area (Å²) in [6.45, 7) is 10.2. The Morgan fingerprint density at radius 3 is 2.53 bits per heavy atom. The SMILES string of the molecule is CC(C)n1cc(-c2nc(C(C)(C)C)cc(=O)[nH]2)cn1. The van der Waals surface area contributed by atoms with E-state index in [0.717, 1.165) is 11.3 Å². The second-order valence-electron chi connectivity index (χ2n) is 6.03. The lowest BCUT2D eigenvalue weighted by Crippen LogP contribution is -2.19. The van der Waals surface area contributed by atoms with Gasteiger partial charge in [0, 0.05) is 23.7 Å². The normalized spacial score (nSPS) is 12.1. The number of hydrogen-bond donors (Lipinski definition) is 1. The van der Waals surface area contributed by atoms with Crippen LogP contribution in [0.2, 0.25) is 0 Å². The Hall–Kier alpha value is -1.91. The second-order valence-corrected chi connectivity index (χ2v) is 6.03. The standard InChI is InChI=1S/C14H20N4O/c1-9(2)18-8-10(7-15-18)13-16-11(14(3,4)5)6-12(19)17-13/h6-9H,1-5H3,(H,16,17,19). The van der Waals surface area contributed by atoms with Crippen molar-refractivity contribution in [2.24, 2.45) is 0 Å². The first-order valence-electron chi connectivity index (χ1n) is 6.44.